The molecule has 0 fully saturated rings. The number of rotatable bonds is 5. The predicted molar refractivity (Wildman–Crippen MR) is 47.1 cm³/mol. The number of nitrogens with one attached hydrogen (secondary N) is 1. The smallest absolute Gasteiger partial charge is 0.00489 e. The van der Waals surface area contributed by atoms with Crippen LogP contribution in [0.4, 0.5) is 0 Å². The summed E-state index contributed by atoms with van der Waals surface area (Å²) in [5.74, 6) is 0.650. The maximum absolute atomic E-state index is 4.00. The van der Waals surface area contributed by atoms with Crippen molar-refractivity contribution in [2.75, 3.05) is 13.6 Å². The van der Waals surface area contributed by atoms with Crippen LogP contribution in [0.2, 0.25) is 0 Å². The molecule has 1 heteroatoms. The summed E-state index contributed by atoms with van der Waals surface area (Å²) in [6, 6.07) is 0. The second-order valence-corrected chi connectivity index (χ2v) is 3.02. The lowest BCUT2D eigenvalue weighted by atomic mass is 10.0. The van der Waals surface area contributed by atoms with E-state index in [0.717, 1.165) is 6.54 Å². The molecule has 0 radical (unpaired) electrons. The van der Waals surface area contributed by atoms with E-state index < -0.39 is 0 Å². The van der Waals surface area contributed by atoms with Gasteiger partial charge in [-0.05, 0) is 32.4 Å². The highest BCUT2D eigenvalue weighted by molar-refractivity contribution is 4.96. The fourth-order valence-corrected chi connectivity index (χ4v) is 0.781. The van der Waals surface area contributed by atoms with Crippen LogP contribution in [0.3, 0.4) is 0 Å². The SMILES string of the molecule is C=C(CCCNC)C(C)C. The summed E-state index contributed by atoms with van der Waals surface area (Å²) in [5, 5.41) is 3.12. The zero-order valence-corrected chi connectivity index (χ0v) is 7.41. The molecule has 0 aliphatic heterocycles. The Bertz CT molecular complexity index is 94.9. The van der Waals surface area contributed by atoms with Gasteiger partial charge in [-0.1, -0.05) is 26.0 Å². The highest BCUT2D eigenvalue weighted by atomic mass is 14.8. The summed E-state index contributed by atoms with van der Waals surface area (Å²) in [6.45, 7) is 9.49. The van der Waals surface area contributed by atoms with Crippen LogP contribution in [0.1, 0.15) is 26.7 Å². The Balaban J connectivity index is 3.22. The number of hydrogen-bond donors (Lipinski definition) is 1. The Morgan fingerprint density at radius 1 is 1.50 bits per heavy atom. The Hall–Kier alpha value is -0.300. The van der Waals surface area contributed by atoms with Crippen molar-refractivity contribution in [1.82, 2.24) is 5.32 Å². The van der Waals surface area contributed by atoms with Gasteiger partial charge in [-0.15, -0.1) is 0 Å². The van der Waals surface area contributed by atoms with Crippen LogP contribution in [-0.2, 0) is 0 Å². The van der Waals surface area contributed by atoms with Gasteiger partial charge >= 0.3 is 0 Å². The lowest BCUT2D eigenvalue weighted by Gasteiger charge is -2.07. The maximum Gasteiger partial charge on any atom is -0.00489 e. The third-order valence-corrected chi connectivity index (χ3v) is 1.74. The summed E-state index contributed by atoms with van der Waals surface area (Å²) in [6.07, 6.45) is 2.38. The molecule has 0 rings (SSSR count). The highest BCUT2D eigenvalue weighted by Crippen LogP contribution is 2.12. The van der Waals surface area contributed by atoms with Crippen molar-refractivity contribution in [2.45, 2.75) is 26.7 Å². The van der Waals surface area contributed by atoms with E-state index in [1.54, 1.807) is 0 Å². The third-order valence-electron chi connectivity index (χ3n) is 1.74. The van der Waals surface area contributed by atoms with Crippen molar-refractivity contribution >= 4 is 0 Å². The molecular weight excluding hydrogens is 122 g/mol. The molecule has 0 atom stereocenters. The molecule has 0 saturated heterocycles. The molecule has 60 valence electrons. The van der Waals surface area contributed by atoms with Crippen LogP contribution < -0.4 is 5.32 Å². The lowest BCUT2D eigenvalue weighted by Crippen LogP contribution is -2.08. The highest BCUT2D eigenvalue weighted by Gasteiger charge is 1.97. The van der Waals surface area contributed by atoms with Gasteiger partial charge < -0.3 is 5.32 Å². The summed E-state index contributed by atoms with van der Waals surface area (Å²) in [4.78, 5) is 0. The third kappa shape index (κ3) is 4.57. The number of hydrogen-bond acceptors (Lipinski definition) is 1. The molecule has 0 bridgehead atoms. The standard InChI is InChI=1S/C9H19N/c1-8(2)9(3)6-5-7-10-4/h8,10H,3,5-7H2,1-2,4H3. The maximum atomic E-state index is 4.00. The molecule has 0 aromatic rings. The molecule has 0 saturated carbocycles. The molecule has 0 heterocycles. The van der Waals surface area contributed by atoms with Crippen molar-refractivity contribution in [3.8, 4) is 0 Å². The fourth-order valence-electron chi connectivity index (χ4n) is 0.781. The van der Waals surface area contributed by atoms with Gasteiger partial charge in [-0.2, -0.15) is 0 Å². The van der Waals surface area contributed by atoms with Gasteiger partial charge in [0.2, 0.25) is 0 Å². The van der Waals surface area contributed by atoms with Gasteiger partial charge in [-0.3, -0.25) is 0 Å². The zero-order valence-electron chi connectivity index (χ0n) is 7.41. The van der Waals surface area contributed by atoms with E-state index in [1.807, 2.05) is 7.05 Å². The quantitative estimate of drug-likeness (QED) is 0.457. The van der Waals surface area contributed by atoms with Gasteiger partial charge in [-0.25, -0.2) is 0 Å². The molecule has 10 heavy (non-hydrogen) atoms. The van der Waals surface area contributed by atoms with Crippen molar-refractivity contribution in [3.05, 3.63) is 12.2 Å². The molecule has 0 amide bonds. The lowest BCUT2D eigenvalue weighted by molar-refractivity contribution is 0.658. The van der Waals surface area contributed by atoms with Crippen LogP contribution in [0.15, 0.2) is 12.2 Å². The van der Waals surface area contributed by atoms with E-state index in [9.17, 15) is 0 Å². The molecule has 1 nitrogen and oxygen atoms in total. The molecular formula is C9H19N. The predicted octanol–water partition coefficient (Wildman–Crippen LogP) is 2.20. The summed E-state index contributed by atoms with van der Waals surface area (Å²) in [7, 11) is 1.98. The fraction of sp³-hybridized carbons (Fsp3) is 0.778. The van der Waals surface area contributed by atoms with Crippen LogP contribution >= 0.6 is 0 Å². The minimum absolute atomic E-state index is 0.650. The van der Waals surface area contributed by atoms with Gasteiger partial charge in [0.1, 0.15) is 0 Å². The Kier molecular flexibility index (Phi) is 5.32. The van der Waals surface area contributed by atoms with E-state index in [1.165, 1.54) is 18.4 Å². The molecule has 0 spiro atoms. The molecule has 0 aromatic carbocycles. The van der Waals surface area contributed by atoms with Crippen LogP contribution in [-0.4, -0.2) is 13.6 Å². The average Bonchev–Trinajstić information content (AvgIpc) is 1.88. The van der Waals surface area contributed by atoms with Crippen LogP contribution in [0.25, 0.3) is 0 Å². The monoisotopic (exact) mass is 141 g/mol. The van der Waals surface area contributed by atoms with E-state index in [-0.39, 0.29) is 0 Å². The first-order valence-electron chi connectivity index (χ1n) is 4.00. The minimum Gasteiger partial charge on any atom is -0.320 e. The molecule has 0 aromatic heterocycles. The average molecular weight is 141 g/mol. The second-order valence-electron chi connectivity index (χ2n) is 3.02. The van der Waals surface area contributed by atoms with Gasteiger partial charge in [0.15, 0.2) is 0 Å². The Morgan fingerprint density at radius 2 is 2.10 bits per heavy atom. The first-order chi connectivity index (χ1) is 4.68. The van der Waals surface area contributed by atoms with Crippen LogP contribution in [0, 0.1) is 5.92 Å². The minimum atomic E-state index is 0.650. The van der Waals surface area contributed by atoms with Crippen molar-refractivity contribution < 1.29 is 0 Å². The van der Waals surface area contributed by atoms with Crippen molar-refractivity contribution in [3.63, 3.8) is 0 Å². The summed E-state index contributed by atoms with van der Waals surface area (Å²) >= 11 is 0. The molecule has 1 N–H and O–H groups in total. The first kappa shape index (κ1) is 9.70. The molecule has 0 unspecified atom stereocenters. The van der Waals surface area contributed by atoms with Gasteiger partial charge in [0.05, 0.1) is 0 Å². The molecule has 0 aliphatic carbocycles. The molecule has 0 aliphatic rings. The largest absolute Gasteiger partial charge is 0.320 e. The van der Waals surface area contributed by atoms with E-state index >= 15 is 0 Å². The van der Waals surface area contributed by atoms with Crippen LogP contribution in [0.5, 0.6) is 0 Å². The van der Waals surface area contributed by atoms with E-state index in [4.69, 9.17) is 0 Å². The topological polar surface area (TPSA) is 12.0 Å². The van der Waals surface area contributed by atoms with Crippen molar-refractivity contribution in [2.24, 2.45) is 5.92 Å². The Morgan fingerprint density at radius 3 is 2.50 bits per heavy atom. The summed E-state index contributed by atoms with van der Waals surface area (Å²) in [5.41, 5.74) is 1.37. The zero-order chi connectivity index (χ0) is 7.98. The summed E-state index contributed by atoms with van der Waals surface area (Å²) < 4.78 is 0. The second kappa shape index (κ2) is 5.48. The van der Waals surface area contributed by atoms with Crippen molar-refractivity contribution in [1.29, 1.82) is 0 Å². The first-order valence-corrected chi connectivity index (χ1v) is 4.00. The normalized spacial score (nSPS) is 10.4. The van der Waals surface area contributed by atoms with Gasteiger partial charge in [0.25, 0.3) is 0 Å². The van der Waals surface area contributed by atoms with Gasteiger partial charge in [0, 0.05) is 0 Å². The Labute approximate surface area is 64.5 Å². The van der Waals surface area contributed by atoms with E-state index in [2.05, 4.69) is 25.7 Å². The number of allylic oxidation sites excluding steroid dienone is 1. The van der Waals surface area contributed by atoms with E-state index in [0.29, 0.717) is 5.92 Å².